The minimum atomic E-state index is -4.55. The van der Waals surface area contributed by atoms with Crippen molar-refractivity contribution in [2.24, 2.45) is 11.3 Å². The highest BCUT2D eigenvalue weighted by Gasteiger charge is 2.37. The maximum absolute atomic E-state index is 13.1. The zero-order valence-electron chi connectivity index (χ0n) is 17.5. The Morgan fingerprint density at radius 1 is 1.31 bits per heavy atom. The van der Waals surface area contributed by atoms with Gasteiger partial charge in [0.1, 0.15) is 11.5 Å². The van der Waals surface area contributed by atoms with Crippen molar-refractivity contribution in [1.82, 2.24) is 10.3 Å². The molecule has 8 heteroatoms. The Morgan fingerprint density at radius 3 is 2.59 bits per heavy atom. The van der Waals surface area contributed by atoms with E-state index in [-0.39, 0.29) is 23.6 Å². The summed E-state index contributed by atoms with van der Waals surface area (Å²) >= 11 is 0. The number of carbonyl (C=O) groups excluding carboxylic acids is 1. The van der Waals surface area contributed by atoms with Crippen LogP contribution in [0.2, 0.25) is 0 Å². The summed E-state index contributed by atoms with van der Waals surface area (Å²) < 4.78 is 44.9. The molecule has 0 spiro atoms. The largest absolute Gasteiger partial charge is 0.433 e. The highest BCUT2D eigenvalue weighted by molar-refractivity contribution is 5.92. The van der Waals surface area contributed by atoms with Crippen LogP contribution in [0.15, 0.2) is 18.2 Å². The van der Waals surface area contributed by atoms with E-state index in [9.17, 15) is 18.0 Å². The number of aromatic nitrogens is 1. The molecule has 0 saturated carbocycles. The lowest BCUT2D eigenvalue weighted by Crippen LogP contribution is -2.46. The average molecular weight is 416 g/mol. The number of pyridine rings is 1. The summed E-state index contributed by atoms with van der Waals surface area (Å²) in [6, 6.07) is 3.72. The van der Waals surface area contributed by atoms with Crippen LogP contribution in [0.4, 0.5) is 19.0 Å². The van der Waals surface area contributed by atoms with Gasteiger partial charge in [-0.1, -0.05) is 26.8 Å². The fourth-order valence-electron chi connectivity index (χ4n) is 3.59. The van der Waals surface area contributed by atoms with E-state index in [0.29, 0.717) is 25.7 Å². The third-order valence-corrected chi connectivity index (χ3v) is 5.34. The van der Waals surface area contributed by atoms with Gasteiger partial charge in [0.15, 0.2) is 0 Å². The number of alkyl halides is 3. The average Bonchev–Trinajstić information content (AvgIpc) is 2.69. The van der Waals surface area contributed by atoms with Crippen LogP contribution in [0.5, 0.6) is 0 Å². The van der Waals surface area contributed by atoms with Gasteiger partial charge in [-0.2, -0.15) is 13.2 Å². The summed E-state index contributed by atoms with van der Waals surface area (Å²) in [7, 11) is 0. The molecule has 2 heterocycles. The topological polar surface area (TPSA) is 54.5 Å². The van der Waals surface area contributed by atoms with Gasteiger partial charge in [0, 0.05) is 26.2 Å². The Morgan fingerprint density at radius 2 is 2.00 bits per heavy atom. The van der Waals surface area contributed by atoms with E-state index < -0.39 is 11.9 Å². The summed E-state index contributed by atoms with van der Waals surface area (Å²) in [5, 5.41) is 3.43. The van der Waals surface area contributed by atoms with Crippen LogP contribution in [0.25, 0.3) is 0 Å². The van der Waals surface area contributed by atoms with Crippen LogP contribution in [-0.2, 0) is 15.7 Å². The SMILES string of the molecule is CCC(=O)N(CC1(CCNCC(C)C)CCOCC1)c1cccc(C(F)(F)F)n1. The van der Waals surface area contributed by atoms with E-state index in [4.69, 9.17) is 4.74 Å². The van der Waals surface area contributed by atoms with Crippen molar-refractivity contribution in [2.75, 3.05) is 37.7 Å². The molecule has 0 aliphatic carbocycles. The van der Waals surface area contributed by atoms with Crippen LogP contribution < -0.4 is 10.2 Å². The van der Waals surface area contributed by atoms with Crippen molar-refractivity contribution in [3.05, 3.63) is 23.9 Å². The molecule has 0 radical (unpaired) electrons. The number of ether oxygens (including phenoxy) is 1. The van der Waals surface area contributed by atoms with E-state index >= 15 is 0 Å². The second-order valence-electron chi connectivity index (χ2n) is 8.17. The molecular weight excluding hydrogens is 383 g/mol. The molecule has 1 aliphatic rings. The molecule has 1 aromatic rings. The molecule has 29 heavy (non-hydrogen) atoms. The van der Waals surface area contributed by atoms with E-state index in [0.717, 1.165) is 38.4 Å². The summed E-state index contributed by atoms with van der Waals surface area (Å²) in [4.78, 5) is 17.9. The van der Waals surface area contributed by atoms with Gasteiger partial charge >= 0.3 is 6.18 Å². The molecule has 0 atom stereocenters. The molecule has 1 aromatic heterocycles. The number of halogens is 3. The van der Waals surface area contributed by atoms with Crippen molar-refractivity contribution in [2.45, 2.75) is 52.6 Å². The van der Waals surface area contributed by atoms with Gasteiger partial charge in [-0.3, -0.25) is 9.69 Å². The molecule has 2 rings (SSSR count). The molecule has 1 aliphatic heterocycles. The first-order valence-electron chi connectivity index (χ1n) is 10.3. The molecule has 0 unspecified atom stereocenters. The van der Waals surface area contributed by atoms with Gasteiger partial charge < -0.3 is 10.1 Å². The maximum Gasteiger partial charge on any atom is 0.433 e. The minimum absolute atomic E-state index is 0.0627. The summed E-state index contributed by atoms with van der Waals surface area (Å²) in [5.41, 5.74) is -1.19. The van der Waals surface area contributed by atoms with E-state index in [1.807, 2.05) is 0 Å². The van der Waals surface area contributed by atoms with Crippen LogP contribution in [0.1, 0.15) is 52.1 Å². The van der Waals surface area contributed by atoms with Crippen LogP contribution in [0, 0.1) is 11.3 Å². The number of carbonyl (C=O) groups is 1. The first kappa shape index (κ1) is 23.6. The van der Waals surface area contributed by atoms with Crippen LogP contribution in [-0.4, -0.2) is 43.7 Å². The lowest BCUT2D eigenvalue weighted by Gasteiger charge is -2.41. The molecule has 1 saturated heterocycles. The number of nitrogens with one attached hydrogen (secondary N) is 1. The predicted octanol–water partition coefficient (Wildman–Crippen LogP) is 4.28. The number of amides is 1. The highest BCUT2D eigenvalue weighted by atomic mass is 19.4. The second-order valence-corrected chi connectivity index (χ2v) is 8.17. The lowest BCUT2D eigenvalue weighted by atomic mass is 9.76. The first-order chi connectivity index (χ1) is 13.7. The standard InChI is InChI=1S/C21H32F3N3O2/c1-4-19(28)27(18-7-5-6-17(26-18)21(22,23)24)15-20(9-12-29-13-10-20)8-11-25-14-16(2)3/h5-7,16,25H,4,8-15H2,1-3H3. The van der Waals surface area contributed by atoms with Gasteiger partial charge in [0.2, 0.25) is 5.91 Å². The smallest absolute Gasteiger partial charge is 0.381 e. The Bertz CT molecular complexity index is 659. The van der Waals surface area contributed by atoms with Crippen molar-refractivity contribution in [1.29, 1.82) is 0 Å². The monoisotopic (exact) mass is 415 g/mol. The lowest BCUT2D eigenvalue weighted by molar-refractivity contribution is -0.141. The summed E-state index contributed by atoms with van der Waals surface area (Å²) in [6.07, 6.45) is -1.98. The second kappa shape index (κ2) is 10.4. The Labute approximate surface area is 171 Å². The summed E-state index contributed by atoms with van der Waals surface area (Å²) in [6.45, 7) is 9.21. The molecule has 1 N–H and O–H groups in total. The van der Waals surface area contributed by atoms with Gasteiger partial charge in [-0.25, -0.2) is 4.98 Å². The van der Waals surface area contributed by atoms with Crippen molar-refractivity contribution in [3.8, 4) is 0 Å². The van der Waals surface area contributed by atoms with Gasteiger partial charge in [0.05, 0.1) is 0 Å². The Hall–Kier alpha value is -1.67. The number of hydrogen-bond acceptors (Lipinski definition) is 4. The van der Waals surface area contributed by atoms with Crippen molar-refractivity contribution >= 4 is 11.7 Å². The molecule has 164 valence electrons. The van der Waals surface area contributed by atoms with Crippen molar-refractivity contribution < 1.29 is 22.7 Å². The van der Waals surface area contributed by atoms with E-state index in [1.54, 1.807) is 6.92 Å². The predicted molar refractivity (Wildman–Crippen MR) is 107 cm³/mol. The molecule has 1 amide bonds. The fraction of sp³-hybridized carbons (Fsp3) is 0.714. The van der Waals surface area contributed by atoms with Gasteiger partial charge in [-0.15, -0.1) is 0 Å². The van der Waals surface area contributed by atoms with Gasteiger partial charge in [-0.05, 0) is 55.8 Å². The molecule has 0 bridgehead atoms. The zero-order valence-corrected chi connectivity index (χ0v) is 17.5. The number of anilines is 1. The third-order valence-electron chi connectivity index (χ3n) is 5.34. The normalized spacial score (nSPS) is 16.8. The third kappa shape index (κ3) is 6.96. The van der Waals surface area contributed by atoms with E-state index in [1.165, 1.54) is 17.0 Å². The Balaban J connectivity index is 2.24. The quantitative estimate of drug-likeness (QED) is 0.612. The Kier molecular flexibility index (Phi) is 8.46. The molecule has 5 nitrogen and oxygen atoms in total. The minimum Gasteiger partial charge on any atom is -0.381 e. The highest BCUT2D eigenvalue weighted by Crippen LogP contribution is 2.37. The number of hydrogen-bond donors (Lipinski definition) is 1. The van der Waals surface area contributed by atoms with Gasteiger partial charge in [0.25, 0.3) is 0 Å². The van der Waals surface area contributed by atoms with E-state index in [2.05, 4.69) is 24.1 Å². The first-order valence-corrected chi connectivity index (χ1v) is 10.3. The zero-order chi connectivity index (χ0) is 21.5. The molecule has 1 fully saturated rings. The fourth-order valence-corrected chi connectivity index (χ4v) is 3.59. The molecule has 0 aromatic carbocycles. The van der Waals surface area contributed by atoms with Crippen molar-refractivity contribution in [3.63, 3.8) is 0 Å². The number of nitrogens with zero attached hydrogens (tertiary/aromatic N) is 2. The maximum atomic E-state index is 13.1. The van der Waals surface area contributed by atoms with Crippen LogP contribution >= 0.6 is 0 Å². The number of rotatable bonds is 9. The van der Waals surface area contributed by atoms with Crippen LogP contribution in [0.3, 0.4) is 0 Å². The molecular formula is C21H32F3N3O2. The summed E-state index contributed by atoms with van der Waals surface area (Å²) in [5.74, 6) is 0.374.